The Balaban J connectivity index is 1.36. The molecule has 4 aromatic heterocycles. The van der Waals surface area contributed by atoms with Gasteiger partial charge in [0, 0.05) is 23.0 Å². The van der Waals surface area contributed by atoms with Crippen molar-refractivity contribution in [1.29, 1.82) is 0 Å². The first-order valence-corrected chi connectivity index (χ1v) is 12.6. The lowest BCUT2D eigenvalue weighted by Gasteiger charge is -2.16. The lowest BCUT2D eigenvalue weighted by molar-refractivity contribution is 0.0739. The van der Waals surface area contributed by atoms with E-state index in [0.29, 0.717) is 45.5 Å². The average Bonchev–Trinajstić information content (AvgIpc) is 3.47. The molecule has 2 amide bonds. The van der Waals surface area contributed by atoms with Crippen LogP contribution in [0.5, 0.6) is 11.6 Å². The molecule has 0 bridgehead atoms. The van der Waals surface area contributed by atoms with E-state index >= 15 is 0 Å². The minimum absolute atomic E-state index is 0.155. The Morgan fingerprint density at radius 2 is 1.79 bits per heavy atom. The number of halogens is 1. The number of pyridine rings is 2. The number of nitrogens with one attached hydrogen (secondary N) is 1. The standard InChI is InChI=1S/C25H22ClN7O4S/c1-12-5-14(15-6-20(26)28-9-18(15)36-3)16(8-27-12)22(34)32-25-31-17-10-33(11-19(17)38-25)24(35)21-23(37-4)29-7-13(2)30-21/h5-9H,10-11H2,1-4H3,(H,31,32,34). The molecule has 0 aliphatic carbocycles. The molecule has 5 rings (SSSR count). The van der Waals surface area contributed by atoms with Crippen molar-refractivity contribution in [1.82, 2.24) is 29.8 Å². The van der Waals surface area contributed by atoms with Gasteiger partial charge in [-0.2, -0.15) is 0 Å². The molecule has 1 N–H and O–H groups in total. The van der Waals surface area contributed by atoms with Crippen molar-refractivity contribution in [3.63, 3.8) is 0 Å². The maximum absolute atomic E-state index is 13.3. The summed E-state index contributed by atoms with van der Waals surface area (Å²) >= 11 is 7.44. The first kappa shape index (κ1) is 25.5. The van der Waals surface area contributed by atoms with Crippen molar-refractivity contribution < 1.29 is 19.1 Å². The van der Waals surface area contributed by atoms with E-state index in [-0.39, 0.29) is 35.1 Å². The number of aryl methyl sites for hydroxylation is 2. The van der Waals surface area contributed by atoms with Crippen LogP contribution in [0.2, 0.25) is 5.15 Å². The van der Waals surface area contributed by atoms with Gasteiger partial charge < -0.3 is 14.4 Å². The number of anilines is 1. The molecule has 0 saturated carbocycles. The van der Waals surface area contributed by atoms with Crippen molar-refractivity contribution in [2.45, 2.75) is 26.9 Å². The van der Waals surface area contributed by atoms with Crippen LogP contribution < -0.4 is 14.8 Å². The first-order chi connectivity index (χ1) is 18.3. The normalized spacial score (nSPS) is 12.3. The van der Waals surface area contributed by atoms with Crippen molar-refractivity contribution in [3.05, 3.63) is 69.1 Å². The highest BCUT2D eigenvalue weighted by atomic mass is 35.5. The van der Waals surface area contributed by atoms with E-state index in [4.69, 9.17) is 21.1 Å². The number of hydrogen-bond donors (Lipinski definition) is 1. The van der Waals surface area contributed by atoms with E-state index in [2.05, 4.69) is 30.2 Å². The van der Waals surface area contributed by atoms with Crippen LogP contribution in [0, 0.1) is 13.8 Å². The van der Waals surface area contributed by atoms with E-state index in [9.17, 15) is 9.59 Å². The molecule has 1 aliphatic heterocycles. The smallest absolute Gasteiger partial charge is 0.278 e. The second-order valence-electron chi connectivity index (χ2n) is 8.45. The maximum atomic E-state index is 13.3. The second kappa shape index (κ2) is 10.3. The van der Waals surface area contributed by atoms with E-state index in [1.54, 1.807) is 30.2 Å². The van der Waals surface area contributed by atoms with Crippen LogP contribution >= 0.6 is 22.9 Å². The van der Waals surface area contributed by atoms with Gasteiger partial charge in [-0.05, 0) is 26.0 Å². The molecule has 0 fully saturated rings. The molecule has 11 nitrogen and oxygen atoms in total. The summed E-state index contributed by atoms with van der Waals surface area (Å²) in [7, 11) is 2.97. The summed E-state index contributed by atoms with van der Waals surface area (Å²) in [5.41, 5.74) is 3.75. The van der Waals surface area contributed by atoms with E-state index in [1.165, 1.54) is 38.0 Å². The van der Waals surface area contributed by atoms with Crippen molar-refractivity contribution >= 4 is 39.9 Å². The molecule has 0 saturated heterocycles. The van der Waals surface area contributed by atoms with Crippen molar-refractivity contribution in [3.8, 4) is 22.8 Å². The third kappa shape index (κ3) is 4.87. The fraction of sp³-hybridized carbons (Fsp3) is 0.240. The highest BCUT2D eigenvalue weighted by molar-refractivity contribution is 7.16. The van der Waals surface area contributed by atoms with E-state index in [0.717, 1.165) is 10.6 Å². The molecule has 0 atom stereocenters. The van der Waals surface area contributed by atoms with Gasteiger partial charge in [-0.3, -0.25) is 19.9 Å². The number of thiazole rings is 1. The molecule has 0 spiro atoms. The minimum atomic E-state index is -0.386. The number of amides is 2. The first-order valence-electron chi connectivity index (χ1n) is 11.4. The van der Waals surface area contributed by atoms with Gasteiger partial charge in [-0.1, -0.05) is 22.9 Å². The Labute approximate surface area is 226 Å². The molecular formula is C25H22ClN7O4S. The van der Waals surface area contributed by atoms with Gasteiger partial charge in [0.05, 0.1) is 61.5 Å². The van der Waals surface area contributed by atoms with Crippen LogP contribution in [0.1, 0.15) is 42.8 Å². The maximum Gasteiger partial charge on any atom is 0.278 e. The number of fused-ring (bicyclic) bond motifs is 1. The molecule has 13 heteroatoms. The zero-order chi connectivity index (χ0) is 27.0. The van der Waals surface area contributed by atoms with Crippen LogP contribution in [-0.4, -0.2) is 55.9 Å². The predicted octanol–water partition coefficient (Wildman–Crippen LogP) is 4.09. The Hall–Kier alpha value is -4.16. The van der Waals surface area contributed by atoms with Crippen LogP contribution in [0.15, 0.2) is 30.7 Å². The zero-order valence-corrected chi connectivity index (χ0v) is 22.5. The van der Waals surface area contributed by atoms with Crippen LogP contribution in [0.3, 0.4) is 0 Å². The van der Waals surface area contributed by atoms with Gasteiger partial charge in [-0.15, -0.1) is 0 Å². The van der Waals surface area contributed by atoms with Gasteiger partial charge in [0.15, 0.2) is 10.8 Å². The van der Waals surface area contributed by atoms with Crippen molar-refractivity contribution in [2.24, 2.45) is 0 Å². The van der Waals surface area contributed by atoms with E-state index in [1.807, 2.05) is 6.92 Å². The number of nitrogens with zero attached hydrogens (tertiary/aromatic N) is 6. The molecule has 4 aromatic rings. The number of carbonyl (C=O) groups excluding carboxylic acids is 2. The van der Waals surface area contributed by atoms with Crippen LogP contribution in [-0.2, 0) is 13.1 Å². The third-order valence-electron chi connectivity index (χ3n) is 5.85. The lowest BCUT2D eigenvalue weighted by atomic mass is 10.0. The molecule has 5 heterocycles. The Kier molecular flexibility index (Phi) is 6.91. The third-order valence-corrected chi connectivity index (χ3v) is 7.05. The van der Waals surface area contributed by atoms with Gasteiger partial charge in [-0.25, -0.2) is 19.9 Å². The Morgan fingerprint density at radius 1 is 0.974 bits per heavy atom. The molecule has 0 aromatic carbocycles. The minimum Gasteiger partial charge on any atom is -0.494 e. The highest BCUT2D eigenvalue weighted by Crippen LogP contribution is 2.36. The van der Waals surface area contributed by atoms with Gasteiger partial charge in [0.1, 0.15) is 10.9 Å². The van der Waals surface area contributed by atoms with Crippen LogP contribution in [0.25, 0.3) is 11.1 Å². The summed E-state index contributed by atoms with van der Waals surface area (Å²) in [5.74, 6) is -0.0369. The lowest BCUT2D eigenvalue weighted by Crippen LogP contribution is -2.27. The molecule has 0 unspecified atom stereocenters. The predicted molar refractivity (Wildman–Crippen MR) is 141 cm³/mol. The quantitative estimate of drug-likeness (QED) is 0.352. The average molecular weight is 552 g/mol. The highest BCUT2D eigenvalue weighted by Gasteiger charge is 2.31. The number of hydrogen-bond acceptors (Lipinski definition) is 10. The number of aromatic nitrogens is 5. The van der Waals surface area contributed by atoms with Gasteiger partial charge in [0.25, 0.3) is 11.8 Å². The molecule has 194 valence electrons. The SMILES string of the molecule is COc1cnc(Cl)cc1-c1cc(C)ncc1C(=O)Nc1nc2c(s1)CN(C(=O)c1nc(C)cnc1OC)C2. The topological polar surface area (TPSA) is 132 Å². The molecular weight excluding hydrogens is 530 g/mol. The summed E-state index contributed by atoms with van der Waals surface area (Å²) in [6.07, 6.45) is 4.55. The van der Waals surface area contributed by atoms with E-state index < -0.39 is 0 Å². The largest absolute Gasteiger partial charge is 0.494 e. The summed E-state index contributed by atoms with van der Waals surface area (Å²) in [4.78, 5) is 50.3. The fourth-order valence-corrected chi connectivity index (χ4v) is 5.20. The molecule has 0 radical (unpaired) electrons. The summed E-state index contributed by atoms with van der Waals surface area (Å²) in [5, 5.41) is 3.56. The Bertz CT molecular complexity index is 1550. The number of carbonyl (C=O) groups is 2. The van der Waals surface area contributed by atoms with Gasteiger partial charge in [0.2, 0.25) is 5.88 Å². The zero-order valence-electron chi connectivity index (χ0n) is 20.9. The monoisotopic (exact) mass is 551 g/mol. The van der Waals surface area contributed by atoms with Gasteiger partial charge >= 0.3 is 0 Å². The number of ether oxygens (including phenoxy) is 2. The number of methoxy groups -OCH3 is 2. The summed E-state index contributed by atoms with van der Waals surface area (Å²) in [6, 6.07) is 3.43. The second-order valence-corrected chi connectivity index (χ2v) is 9.92. The molecule has 38 heavy (non-hydrogen) atoms. The molecule has 1 aliphatic rings. The fourth-order valence-electron chi connectivity index (χ4n) is 4.06. The summed E-state index contributed by atoms with van der Waals surface area (Å²) in [6.45, 7) is 4.21. The Morgan fingerprint density at radius 3 is 2.53 bits per heavy atom. The van der Waals surface area contributed by atoms with Crippen molar-refractivity contribution in [2.75, 3.05) is 19.5 Å². The number of rotatable bonds is 6. The summed E-state index contributed by atoms with van der Waals surface area (Å²) < 4.78 is 10.6. The van der Waals surface area contributed by atoms with Crippen LogP contribution in [0.4, 0.5) is 5.13 Å².